The number of nitrogens with one attached hydrogen (secondary N) is 1. The smallest absolute Gasteiger partial charge is 0.325 e. The molecule has 1 aliphatic rings. The molecule has 1 aliphatic heterocycles. The van der Waals surface area contributed by atoms with Crippen molar-refractivity contribution in [1.29, 1.82) is 0 Å². The molecule has 164 valence electrons. The van der Waals surface area contributed by atoms with Crippen LogP contribution < -0.4 is 5.32 Å². The number of thioether (sulfide) groups is 1. The first-order valence-electron chi connectivity index (χ1n) is 10.2. The molecule has 1 saturated heterocycles. The van der Waals surface area contributed by atoms with Gasteiger partial charge in [-0.15, -0.1) is 0 Å². The first-order valence-corrected chi connectivity index (χ1v) is 11.4. The molecule has 6 nitrogen and oxygen atoms in total. The quantitative estimate of drug-likeness (QED) is 0.404. The second kappa shape index (κ2) is 9.22. The number of rotatable bonds is 5. The molecule has 0 atom stereocenters. The second-order valence-corrected chi connectivity index (χ2v) is 8.79. The lowest BCUT2D eigenvalue weighted by atomic mass is 10.1. The number of hydrogen-bond acceptors (Lipinski definition) is 5. The molecule has 3 aromatic rings. The zero-order chi connectivity index (χ0) is 22.8. The van der Waals surface area contributed by atoms with Gasteiger partial charge in [0.25, 0.3) is 5.91 Å². The van der Waals surface area contributed by atoms with Crippen LogP contribution in [-0.2, 0) is 20.9 Å². The first-order chi connectivity index (χ1) is 15.4. The summed E-state index contributed by atoms with van der Waals surface area (Å²) in [5.74, 6) is -0.509. The van der Waals surface area contributed by atoms with Crippen LogP contribution in [0.2, 0.25) is 5.02 Å². The lowest BCUT2D eigenvalue weighted by molar-refractivity contribution is -0.143. The van der Waals surface area contributed by atoms with Crippen molar-refractivity contribution in [2.24, 2.45) is 4.99 Å². The number of halogens is 1. The summed E-state index contributed by atoms with van der Waals surface area (Å²) < 4.78 is 7.05. The Kier molecular flexibility index (Phi) is 6.39. The predicted molar refractivity (Wildman–Crippen MR) is 130 cm³/mol. The summed E-state index contributed by atoms with van der Waals surface area (Å²) in [6, 6.07) is 13.3. The van der Waals surface area contributed by atoms with Crippen molar-refractivity contribution < 1.29 is 14.3 Å². The van der Waals surface area contributed by atoms with Gasteiger partial charge in [-0.2, -0.15) is 0 Å². The van der Waals surface area contributed by atoms with Crippen molar-refractivity contribution in [2.45, 2.75) is 27.3 Å². The van der Waals surface area contributed by atoms with E-state index in [1.54, 1.807) is 19.1 Å². The largest absolute Gasteiger partial charge is 0.465 e. The fraction of sp³-hybridized carbons (Fsp3) is 0.208. The van der Waals surface area contributed by atoms with Crippen molar-refractivity contribution in [2.75, 3.05) is 6.61 Å². The minimum absolute atomic E-state index is 0.115. The van der Waals surface area contributed by atoms with Gasteiger partial charge in [0, 0.05) is 27.2 Å². The Balaban J connectivity index is 1.71. The highest BCUT2D eigenvalue weighted by Gasteiger charge is 2.25. The third kappa shape index (κ3) is 4.45. The lowest BCUT2D eigenvalue weighted by Crippen LogP contribution is -2.19. The van der Waals surface area contributed by atoms with E-state index in [0.29, 0.717) is 27.4 Å². The topological polar surface area (TPSA) is 72.7 Å². The number of carbonyl (C=O) groups excluding carboxylic acids is 2. The van der Waals surface area contributed by atoms with E-state index in [1.807, 2.05) is 54.8 Å². The third-order valence-electron chi connectivity index (χ3n) is 5.19. The highest BCUT2D eigenvalue weighted by Crippen LogP contribution is 2.34. The zero-order valence-corrected chi connectivity index (χ0v) is 19.5. The van der Waals surface area contributed by atoms with Gasteiger partial charge >= 0.3 is 5.97 Å². The fourth-order valence-electron chi connectivity index (χ4n) is 3.60. The highest BCUT2D eigenvalue weighted by molar-refractivity contribution is 8.18. The number of aryl methyl sites for hydroxylation is 1. The molecule has 0 aliphatic carbocycles. The standard InChI is InChI=1S/C24H22ClN3O3S/c1-4-31-22(29)13-28-15(3)18(17-7-5-6-8-20(17)28)12-21-23(30)27-24(32-21)26-19-11-16(25)10-9-14(19)2/h5-12H,4,13H2,1-3H3,(H,26,27,30)/b21-12-. The third-order valence-corrected chi connectivity index (χ3v) is 6.34. The van der Waals surface area contributed by atoms with Crippen LogP contribution >= 0.6 is 23.4 Å². The number of fused-ring (bicyclic) bond motifs is 1. The molecule has 1 fully saturated rings. The normalized spacial score (nSPS) is 16.2. The molecule has 4 rings (SSSR count). The van der Waals surface area contributed by atoms with Gasteiger partial charge in [0.1, 0.15) is 6.54 Å². The van der Waals surface area contributed by atoms with Crippen LogP contribution in [0.15, 0.2) is 52.4 Å². The number of para-hydroxylation sites is 1. The minimum Gasteiger partial charge on any atom is -0.465 e. The summed E-state index contributed by atoms with van der Waals surface area (Å²) in [5, 5.41) is 4.88. The van der Waals surface area contributed by atoms with E-state index in [0.717, 1.165) is 27.7 Å². The average Bonchev–Trinajstić information content (AvgIpc) is 3.23. The maximum absolute atomic E-state index is 12.7. The Morgan fingerprint density at radius 1 is 1.25 bits per heavy atom. The van der Waals surface area contributed by atoms with E-state index in [1.165, 1.54) is 11.8 Å². The number of aliphatic imine (C=N–C) groups is 1. The van der Waals surface area contributed by atoms with E-state index in [9.17, 15) is 9.59 Å². The Hall–Kier alpha value is -3.03. The van der Waals surface area contributed by atoms with Gasteiger partial charge in [-0.1, -0.05) is 35.9 Å². The summed E-state index contributed by atoms with van der Waals surface area (Å²) in [4.78, 5) is 29.9. The number of hydrogen-bond donors (Lipinski definition) is 1. The monoisotopic (exact) mass is 467 g/mol. The molecule has 0 saturated carbocycles. The maximum Gasteiger partial charge on any atom is 0.325 e. The zero-order valence-electron chi connectivity index (χ0n) is 17.9. The maximum atomic E-state index is 12.7. The molecule has 1 amide bonds. The summed E-state index contributed by atoms with van der Waals surface area (Å²) >= 11 is 7.37. The molecular weight excluding hydrogens is 446 g/mol. The van der Waals surface area contributed by atoms with E-state index < -0.39 is 0 Å². The van der Waals surface area contributed by atoms with Gasteiger partial charge in [0.15, 0.2) is 5.17 Å². The highest BCUT2D eigenvalue weighted by atomic mass is 35.5. The van der Waals surface area contributed by atoms with Gasteiger partial charge in [0.2, 0.25) is 0 Å². The lowest BCUT2D eigenvalue weighted by Gasteiger charge is -2.07. The number of benzene rings is 2. The number of amidine groups is 1. The molecule has 0 spiro atoms. The molecule has 0 unspecified atom stereocenters. The van der Waals surface area contributed by atoms with Gasteiger partial charge in [-0.05, 0) is 62.4 Å². The molecule has 1 N–H and O–H groups in total. The van der Waals surface area contributed by atoms with Crippen LogP contribution in [0.25, 0.3) is 17.0 Å². The van der Waals surface area contributed by atoms with Gasteiger partial charge < -0.3 is 14.6 Å². The van der Waals surface area contributed by atoms with E-state index >= 15 is 0 Å². The van der Waals surface area contributed by atoms with E-state index in [4.69, 9.17) is 16.3 Å². The number of amides is 1. The number of nitrogens with zero attached hydrogens (tertiary/aromatic N) is 2. The van der Waals surface area contributed by atoms with Crippen LogP contribution in [0.3, 0.4) is 0 Å². The Labute approximate surface area is 195 Å². The second-order valence-electron chi connectivity index (χ2n) is 7.32. The van der Waals surface area contributed by atoms with Crippen molar-refractivity contribution in [3.63, 3.8) is 0 Å². The van der Waals surface area contributed by atoms with Crippen LogP contribution in [0, 0.1) is 13.8 Å². The Bertz CT molecular complexity index is 1290. The van der Waals surface area contributed by atoms with Crippen molar-refractivity contribution in [3.8, 4) is 0 Å². The number of ether oxygens (including phenoxy) is 1. The molecule has 2 aromatic carbocycles. The Morgan fingerprint density at radius 3 is 2.81 bits per heavy atom. The molecule has 0 radical (unpaired) electrons. The predicted octanol–water partition coefficient (Wildman–Crippen LogP) is 5.37. The SMILES string of the molecule is CCOC(=O)Cn1c(C)c(/C=C2\SC(=Nc3cc(Cl)ccc3C)NC2=O)c2ccccc21. The summed E-state index contributed by atoms with van der Waals surface area (Å²) in [6.45, 7) is 6.11. The molecule has 0 bridgehead atoms. The van der Waals surface area contributed by atoms with Crippen molar-refractivity contribution in [3.05, 3.63) is 69.2 Å². The van der Waals surface area contributed by atoms with Crippen LogP contribution in [0.4, 0.5) is 5.69 Å². The van der Waals surface area contributed by atoms with Gasteiger partial charge in [-0.3, -0.25) is 9.59 Å². The van der Waals surface area contributed by atoms with Crippen LogP contribution in [0.1, 0.15) is 23.7 Å². The molecule has 2 heterocycles. The molecule has 8 heteroatoms. The summed E-state index contributed by atoms with van der Waals surface area (Å²) in [6.07, 6.45) is 1.85. The van der Waals surface area contributed by atoms with Crippen molar-refractivity contribution in [1.82, 2.24) is 9.88 Å². The van der Waals surface area contributed by atoms with Crippen LogP contribution in [-0.4, -0.2) is 28.2 Å². The number of esters is 1. The Morgan fingerprint density at radius 2 is 2.03 bits per heavy atom. The molecular formula is C24H22ClN3O3S. The van der Waals surface area contributed by atoms with E-state index in [-0.39, 0.29) is 18.4 Å². The molecule has 32 heavy (non-hydrogen) atoms. The summed E-state index contributed by atoms with van der Waals surface area (Å²) in [7, 11) is 0. The fourth-order valence-corrected chi connectivity index (χ4v) is 4.59. The minimum atomic E-state index is -0.296. The van der Waals surface area contributed by atoms with Gasteiger partial charge in [0.05, 0.1) is 17.2 Å². The number of aromatic nitrogens is 1. The van der Waals surface area contributed by atoms with Crippen molar-refractivity contribution >= 4 is 63.1 Å². The first kappa shape index (κ1) is 22.2. The van der Waals surface area contributed by atoms with Crippen LogP contribution in [0.5, 0.6) is 0 Å². The van der Waals surface area contributed by atoms with Gasteiger partial charge in [-0.25, -0.2) is 4.99 Å². The van der Waals surface area contributed by atoms with E-state index in [2.05, 4.69) is 10.3 Å². The summed E-state index contributed by atoms with van der Waals surface area (Å²) in [5.41, 5.74) is 4.37. The molecule has 1 aromatic heterocycles. The number of carbonyl (C=O) groups is 2. The average molecular weight is 468 g/mol.